The van der Waals surface area contributed by atoms with Gasteiger partial charge in [-0.25, -0.2) is 0 Å². The minimum atomic E-state index is 0. The van der Waals surface area contributed by atoms with Crippen molar-refractivity contribution in [3.63, 3.8) is 0 Å². The Labute approximate surface area is 92.1 Å². The minimum Gasteiger partial charge on any atom is -0.388 e. The number of hydrogen-bond donors (Lipinski definition) is 6. The molecule has 0 fully saturated rings. The molecule has 6 nitrogen and oxygen atoms in total. The van der Waals surface area contributed by atoms with E-state index in [-0.39, 0.29) is 37.6 Å². The van der Waals surface area contributed by atoms with Crippen molar-refractivity contribution in [2.75, 3.05) is 0 Å². The van der Waals surface area contributed by atoms with Crippen LogP contribution in [0.2, 0.25) is 0 Å². The van der Waals surface area contributed by atoms with Crippen molar-refractivity contribution >= 4 is 17.5 Å². The van der Waals surface area contributed by atoms with Gasteiger partial charge in [-0.1, -0.05) is 0 Å². The molecule has 0 bridgehead atoms. The third-order valence-electron chi connectivity index (χ3n) is 0. The fraction of sp³-hybridized carbons (Fsp3) is 0.500. The summed E-state index contributed by atoms with van der Waals surface area (Å²) in [5, 5.41) is 18.8. The summed E-state index contributed by atoms with van der Waals surface area (Å²) in [4.78, 5) is 0. The zero-order valence-corrected chi connectivity index (χ0v) is 10.5. The van der Waals surface area contributed by atoms with E-state index in [4.69, 9.17) is 33.4 Å². The molecule has 0 saturated heterocycles. The predicted molar refractivity (Wildman–Crippen MR) is 52.8 cm³/mol. The van der Waals surface area contributed by atoms with Gasteiger partial charge in [0, 0.05) is 0 Å². The van der Waals surface area contributed by atoms with E-state index in [2.05, 4.69) is 0 Å². The Morgan fingerprint density at radius 2 is 0.692 bits per heavy atom. The Morgan fingerprint density at radius 3 is 0.692 bits per heavy atom. The van der Waals surface area contributed by atoms with Gasteiger partial charge >= 0.3 is 20.1 Å². The third-order valence-corrected chi connectivity index (χ3v) is 0. The molecule has 0 amide bonds. The summed E-state index contributed by atoms with van der Waals surface area (Å²) >= 11 is 0. The quantitative estimate of drug-likeness (QED) is 0.261. The van der Waals surface area contributed by atoms with Crippen molar-refractivity contribution in [3.05, 3.63) is 0 Å². The first-order chi connectivity index (χ1) is 5.20. The van der Waals surface area contributed by atoms with Crippen LogP contribution >= 0.6 is 0 Å². The molecule has 0 aliphatic carbocycles. The standard InChI is InChI=1S/3C2H6N2.Ir/c3*1-2(3)4;/h3*1H3,(H3,3,4);/q;;;+3. The summed E-state index contributed by atoms with van der Waals surface area (Å²) in [5.74, 6) is 0.500. The average molecular weight is 366 g/mol. The first kappa shape index (κ1) is 22.7. The largest absolute Gasteiger partial charge is 3.00 e. The van der Waals surface area contributed by atoms with Crippen molar-refractivity contribution in [2.24, 2.45) is 17.2 Å². The zero-order chi connectivity index (χ0) is 10.7. The van der Waals surface area contributed by atoms with Crippen molar-refractivity contribution in [3.8, 4) is 0 Å². The van der Waals surface area contributed by atoms with Crippen LogP contribution in [0.4, 0.5) is 0 Å². The Bertz CT molecular complexity index is 115. The van der Waals surface area contributed by atoms with Crippen LogP contribution in [0.3, 0.4) is 0 Å². The fourth-order valence-electron chi connectivity index (χ4n) is 0. The van der Waals surface area contributed by atoms with Gasteiger partial charge in [-0.3, -0.25) is 16.2 Å². The van der Waals surface area contributed by atoms with Gasteiger partial charge in [-0.2, -0.15) is 0 Å². The first-order valence-corrected chi connectivity index (χ1v) is 3.12. The summed E-state index contributed by atoms with van der Waals surface area (Å²) in [6.07, 6.45) is 0. The molecule has 7 heteroatoms. The average Bonchev–Trinajstić information content (AvgIpc) is 1.54. The van der Waals surface area contributed by atoms with Gasteiger partial charge in [0.1, 0.15) is 0 Å². The number of nitrogens with two attached hydrogens (primary N) is 3. The van der Waals surface area contributed by atoms with E-state index in [0.29, 0.717) is 0 Å². The molecule has 0 saturated carbocycles. The Kier molecular flexibility index (Phi) is 30.1. The molecule has 0 aliphatic heterocycles. The van der Waals surface area contributed by atoms with Crippen LogP contribution in [0.25, 0.3) is 0 Å². The van der Waals surface area contributed by atoms with E-state index >= 15 is 0 Å². The van der Waals surface area contributed by atoms with E-state index in [1.807, 2.05) is 0 Å². The second-order valence-corrected chi connectivity index (χ2v) is 2.05. The molecule has 78 valence electrons. The van der Waals surface area contributed by atoms with E-state index in [9.17, 15) is 0 Å². The van der Waals surface area contributed by atoms with Crippen LogP contribution in [0.1, 0.15) is 20.8 Å². The topological polar surface area (TPSA) is 150 Å². The van der Waals surface area contributed by atoms with E-state index in [1.54, 1.807) is 0 Å². The minimum absolute atomic E-state index is 0. The van der Waals surface area contributed by atoms with Crippen LogP contribution in [-0.4, -0.2) is 17.5 Å². The van der Waals surface area contributed by atoms with Gasteiger partial charge in [0.25, 0.3) is 0 Å². The molecule has 0 spiro atoms. The SMILES string of the molecule is CC(=N)N.CC(=N)N.CC(=N)N.[Ir+3]. The molecule has 13 heavy (non-hydrogen) atoms. The van der Waals surface area contributed by atoms with Crippen LogP contribution in [-0.2, 0) is 20.1 Å². The third kappa shape index (κ3) is 1030. The van der Waals surface area contributed by atoms with Gasteiger partial charge in [0.15, 0.2) is 0 Å². The molecule has 0 radical (unpaired) electrons. The smallest absolute Gasteiger partial charge is 0.388 e. The summed E-state index contributed by atoms with van der Waals surface area (Å²) in [7, 11) is 0. The summed E-state index contributed by atoms with van der Waals surface area (Å²) in [5.41, 5.74) is 14.1. The van der Waals surface area contributed by atoms with Crippen LogP contribution < -0.4 is 17.2 Å². The van der Waals surface area contributed by atoms with Crippen molar-refractivity contribution in [1.82, 2.24) is 0 Å². The second kappa shape index (κ2) is 17.2. The van der Waals surface area contributed by atoms with Gasteiger partial charge in [0.2, 0.25) is 0 Å². The number of amidine groups is 3. The molecule has 0 heterocycles. The van der Waals surface area contributed by atoms with Crippen LogP contribution in [0.5, 0.6) is 0 Å². The number of nitrogens with one attached hydrogen (secondary N) is 3. The fourth-order valence-corrected chi connectivity index (χ4v) is 0. The first-order valence-electron chi connectivity index (χ1n) is 3.12. The predicted octanol–water partition coefficient (Wildman–Crippen LogP) is -0.176. The van der Waals surface area contributed by atoms with Gasteiger partial charge in [-0.15, -0.1) is 0 Å². The number of hydrogen-bond acceptors (Lipinski definition) is 3. The van der Waals surface area contributed by atoms with Crippen molar-refractivity contribution < 1.29 is 20.1 Å². The van der Waals surface area contributed by atoms with Crippen LogP contribution in [0, 0.1) is 16.2 Å². The molecule has 0 rings (SSSR count). The van der Waals surface area contributed by atoms with Gasteiger partial charge in [0.05, 0.1) is 17.5 Å². The van der Waals surface area contributed by atoms with E-state index in [0.717, 1.165) is 0 Å². The molecule has 0 aliphatic rings. The molecule has 0 aromatic heterocycles. The van der Waals surface area contributed by atoms with Crippen molar-refractivity contribution in [2.45, 2.75) is 20.8 Å². The van der Waals surface area contributed by atoms with E-state index < -0.39 is 0 Å². The van der Waals surface area contributed by atoms with Crippen LogP contribution in [0.15, 0.2) is 0 Å². The summed E-state index contributed by atoms with van der Waals surface area (Å²) in [6.45, 7) is 4.58. The maximum atomic E-state index is 6.28. The van der Waals surface area contributed by atoms with Gasteiger partial charge < -0.3 is 17.2 Å². The second-order valence-electron chi connectivity index (χ2n) is 2.05. The molecular formula is C6H18IrN6+3. The Balaban J connectivity index is -0.0000000450. The van der Waals surface area contributed by atoms with Gasteiger partial charge in [-0.05, 0) is 20.8 Å². The van der Waals surface area contributed by atoms with E-state index in [1.165, 1.54) is 20.8 Å². The monoisotopic (exact) mass is 367 g/mol. The number of rotatable bonds is 0. The zero-order valence-electron chi connectivity index (χ0n) is 8.07. The molecular weight excluding hydrogens is 348 g/mol. The molecule has 0 atom stereocenters. The maximum absolute atomic E-state index is 6.28. The maximum Gasteiger partial charge on any atom is 3.00 e. The van der Waals surface area contributed by atoms with Crippen molar-refractivity contribution in [1.29, 1.82) is 16.2 Å². The summed E-state index contributed by atoms with van der Waals surface area (Å²) in [6, 6.07) is 0. The normalized spacial score (nSPS) is 5.77. The molecule has 0 aromatic carbocycles. The molecule has 0 aromatic rings. The Hall–Kier alpha value is -0.941. The molecule has 0 unspecified atom stereocenters. The summed E-state index contributed by atoms with van der Waals surface area (Å²) < 4.78 is 0. The Morgan fingerprint density at radius 1 is 0.692 bits per heavy atom. The molecule has 9 N–H and O–H groups in total.